The molecule has 0 aliphatic carbocycles. The van der Waals surface area contributed by atoms with Gasteiger partial charge < -0.3 is 22.4 Å². The molecule has 0 rings (SSSR count). The molecule has 0 aromatic rings. The van der Waals surface area contributed by atoms with Crippen LogP contribution in [0.3, 0.4) is 0 Å². The fraction of sp³-hybridized carbons (Fsp3) is 0. The first kappa shape index (κ1) is 45.7. The predicted octanol–water partition coefficient (Wildman–Crippen LogP) is -15.4. The molecule has 0 amide bonds. The molecule has 0 atom stereocenters. The number of guanidine groups is 2. The number of nitrogens with one attached hydrogen (secondary N) is 2. The minimum Gasteiger partial charge on any atom is -0.457 e. The summed E-state index contributed by atoms with van der Waals surface area (Å²) in [6.45, 7) is 0. The van der Waals surface area contributed by atoms with Crippen molar-refractivity contribution in [3.8, 4) is 0 Å². The van der Waals surface area contributed by atoms with Crippen LogP contribution >= 0.6 is 0 Å². The van der Waals surface area contributed by atoms with E-state index in [-0.39, 0.29) is 30.4 Å². The van der Waals surface area contributed by atoms with Gasteiger partial charge in [0, 0.05) is 0 Å². The molecule has 27 heteroatoms. The second kappa shape index (κ2) is 24.1. The summed E-state index contributed by atoms with van der Waals surface area (Å²) < 4.78 is 67.9. The van der Waals surface area contributed by atoms with E-state index in [9.17, 15) is 20.2 Å². The minimum absolute atomic E-state index is 0. The maximum Gasteiger partial charge on any atom is 2.00 e. The Kier molecular flexibility index (Phi) is 38.0. The minimum atomic E-state index is -4.94. The van der Waals surface area contributed by atoms with Gasteiger partial charge in [0.1, 0.15) is 10.2 Å². The van der Waals surface area contributed by atoms with Gasteiger partial charge in [-0.2, -0.15) is 0 Å². The summed E-state index contributed by atoms with van der Waals surface area (Å²) in [5.74, 6) is 8.38. The van der Waals surface area contributed by atoms with Gasteiger partial charge >= 0.3 is 19.5 Å². The van der Waals surface area contributed by atoms with Gasteiger partial charge in [-0.05, 0) is 0 Å². The van der Waals surface area contributed by atoms with Gasteiger partial charge in [0.15, 0.2) is 10.1 Å². The Morgan fingerprint density at radius 3 is 0.862 bits per heavy atom. The van der Waals surface area contributed by atoms with Crippen LogP contribution in [0.5, 0.6) is 0 Å². The molecule has 0 aromatic heterocycles. The van der Waals surface area contributed by atoms with Crippen molar-refractivity contribution in [2.24, 2.45) is 33.4 Å². The topological polar surface area (TPSA) is 490 Å². The van der Waals surface area contributed by atoms with Crippen LogP contribution in [0.25, 0.3) is 0 Å². The van der Waals surface area contributed by atoms with E-state index in [0.717, 1.165) is 0 Å². The first-order valence-corrected chi connectivity index (χ1v) is 6.94. The van der Waals surface area contributed by atoms with Crippen molar-refractivity contribution >= 4 is 11.9 Å². The van der Waals surface area contributed by atoms with Crippen LogP contribution in [-0.4, -0.2) is 22.0 Å². The van der Waals surface area contributed by atoms with E-state index in [1.54, 1.807) is 10.9 Å². The van der Waals surface area contributed by atoms with Crippen molar-refractivity contribution in [2.45, 2.75) is 0 Å². The zero-order valence-electron chi connectivity index (χ0n) is 13.6. The SMILES string of the molecule is NN/C(N)=N/[N+](=O)[O-].NN/C(N)=N/[N+](=O)[O-].[O-][Cl+3]([O-])([O-])[O-].[O-][Cl+3]([O-])([O-])[O-].[OH3+].[OH3+].[Zn+2]. The number of hydrazone groups is 2. The summed E-state index contributed by atoms with van der Waals surface area (Å²) in [7, 11) is -9.89. The van der Waals surface area contributed by atoms with E-state index < -0.39 is 42.5 Å². The molecule has 0 fully saturated rings. The zero-order valence-corrected chi connectivity index (χ0v) is 18.1. The molecule has 0 aliphatic heterocycles. The van der Waals surface area contributed by atoms with Crippen molar-refractivity contribution in [2.75, 3.05) is 0 Å². The van der Waals surface area contributed by atoms with E-state index in [0.29, 0.717) is 0 Å². The van der Waals surface area contributed by atoms with Crippen LogP contribution in [0.1, 0.15) is 0 Å². The van der Waals surface area contributed by atoms with Crippen LogP contribution in [0.4, 0.5) is 0 Å². The molecule has 29 heavy (non-hydrogen) atoms. The van der Waals surface area contributed by atoms with Crippen LogP contribution < -0.4 is 71.3 Å². The number of nitro groups is 2. The number of hydrogen-bond donors (Lipinski definition) is 6. The number of hydrazine groups is 2. The second-order valence-corrected chi connectivity index (χ2v) is 4.00. The van der Waals surface area contributed by atoms with Gasteiger partial charge in [-0.1, -0.05) is 0 Å². The van der Waals surface area contributed by atoms with Gasteiger partial charge in [0.25, 0.3) is 11.9 Å². The third-order valence-corrected chi connectivity index (χ3v) is 0.675. The van der Waals surface area contributed by atoms with Crippen LogP contribution in [0.15, 0.2) is 10.2 Å². The number of hydrogen-bond acceptors (Lipinski definition) is 14. The maximum absolute atomic E-state index is 9.41. The number of rotatable bonds is 2. The molecule has 0 aliphatic rings. The Balaban J connectivity index is -0.0000000440. The van der Waals surface area contributed by atoms with Crippen molar-refractivity contribution in [1.29, 1.82) is 0 Å². The summed E-state index contributed by atoms with van der Waals surface area (Å²) in [5.41, 5.74) is 13.1. The molecule has 0 aromatic carbocycles. The van der Waals surface area contributed by atoms with Crippen molar-refractivity contribution in [3.63, 3.8) is 0 Å². The summed E-state index contributed by atoms with van der Waals surface area (Å²) in [5, 5.41) is 22.1. The molecule has 0 spiro atoms. The van der Waals surface area contributed by atoms with Crippen LogP contribution in [0.2, 0.25) is 0 Å². The van der Waals surface area contributed by atoms with E-state index >= 15 is 0 Å². The van der Waals surface area contributed by atoms with Crippen LogP contribution in [0, 0.1) is 40.7 Å². The summed E-state index contributed by atoms with van der Waals surface area (Å²) in [6.07, 6.45) is 0. The molecule has 16 N–H and O–H groups in total. The molecule has 0 bridgehead atoms. The van der Waals surface area contributed by atoms with E-state index in [1.165, 1.54) is 0 Å². The number of nitrogens with zero attached hydrogens (tertiary/aromatic N) is 4. The van der Waals surface area contributed by atoms with Gasteiger partial charge in [0.2, 0.25) is 0 Å². The molecule has 172 valence electrons. The van der Waals surface area contributed by atoms with Crippen LogP contribution in [-0.2, 0) is 30.4 Å². The summed E-state index contributed by atoms with van der Waals surface area (Å²) in [4.78, 5) is 18.8. The molecule has 0 heterocycles. The Morgan fingerprint density at radius 1 is 0.690 bits per heavy atom. The van der Waals surface area contributed by atoms with Crippen molar-refractivity contribution < 1.29 is 98.3 Å². The van der Waals surface area contributed by atoms with E-state index in [2.05, 4.69) is 21.9 Å². The summed E-state index contributed by atoms with van der Waals surface area (Å²) in [6, 6.07) is 0. The van der Waals surface area contributed by atoms with Gasteiger partial charge in [-0.3, -0.25) is 10.9 Å². The fourth-order valence-electron chi connectivity index (χ4n) is 0.234. The van der Waals surface area contributed by atoms with Gasteiger partial charge in [-0.25, -0.2) is 69.2 Å². The third-order valence-electron chi connectivity index (χ3n) is 0.675. The van der Waals surface area contributed by atoms with E-state index in [1.807, 2.05) is 0 Å². The van der Waals surface area contributed by atoms with Gasteiger partial charge in [-0.15, -0.1) is 20.5 Å². The van der Waals surface area contributed by atoms with E-state index in [4.69, 9.17) is 48.7 Å². The second-order valence-electron chi connectivity index (χ2n) is 2.49. The molecule has 24 nitrogen and oxygen atoms in total. The fourth-order valence-corrected chi connectivity index (χ4v) is 0.234. The largest absolute Gasteiger partial charge is 2.00 e. The smallest absolute Gasteiger partial charge is 0.457 e. The van der Waals surface area contributed by atoms with Crippen molar-refractivity contribution in [1.82, 2.24) is 10.9 Å². The number of nitrogens with two attached hydrogens (primary N) is 4. The quantitative estimate of drug-likeness (QED) is 0.0359. The van der Waals surface area contributed by atoms with Crippen molar-refractivity contribution in [3.05, 3.63) is 20.2 Å². The predicted molar refractivity (Wildman–Crippen MR) is 61.6 cm³/mol. The monoisotopic (exact) mass is 538 g/mol. The van der Waals surface area contributed by atoms with Gasteiger partial charge in [0.05, 0.1) is 0 Å². The molecule has 0 saturated heterocycles. The average Bonchev–Trinajstić information content (AvgIpc) is 2.33. The molecule has 0 saturated carbocycles. The first-order valence-electron chi connectivity index (χ1n) is 4.47. The maximum atomic E-state index is 9.41. The molecule has 0 radical (unpaired) electrons. The Hall–Kier alpha value is -1.94. The number of halogens is 2. The standard InChI is InChI=1S/2CH5N5O2.2ClHO4.2H2O.Zn/c2*2-1(4-3)5-6(7)8;2*2-1(3,4)5;;;/h2*3H2,(H3,2,4,5);2*(H,2,3,4,5);2*1H2;/q;;;;;;+2. The first-order chi connectivity index (χ1) is 11.3. The zero-order chi connectivity index (χ0) is 22.1. The molecular formula is C2H16Cl2N10O14Zn+2. The Labute approximate surface area is 175 Å². The molecule has 0 unspecified atom stereocenters. The average molecular weight is 541 g/mol. The Bertz CT molecular complexity index is 410. The normalized spacial score (nSPS) is 10.1. The summed E-state index contributed by atoms with van der Waals surface area (Å²) >= 11 is 0. The third kappa shape index (κ3) is 149. The molecular weight excluding hydrogens is 524 g/mol. The Morgan fingerprint density at radius 2 is 0.828 bits per heavy atom.